The summed E-state index contributed by atoms with van der Waals surface area (Å²) in [5, 5.41) is 27.3. The first-order valence-electron chi connectivity index (χ1n) is 22.8. The number of benzene rings is 4. The average molecular weight is 1030 g/mol. The smallest absolute Gasteiger partial charge is 0.282 e. The van der Waals surface area contributed by atoms with Gasteiger partial charge in [0, 0.05) is 37.3 Å². The predicted octanol–water partition coefficient (Wildman–Crippen LogP) is 12.2. The first-order valence-corrected chi connectivity index (χ1v) is 22.8. The summed E-state index contributed by atoms with van der Waals surface area (Å²) in [6.07, 6.45) is -14.8. The van der Waals surface area contributed by atoms with Crippen LogP contribution in [0.25, 0.3) is 11.4 Å². The second kappa shape index (κ2) is 24.1. The zero-order valence-electron chi connectivity index (χ0n) is 39.7. The van der Waals surface area contributed by atoms with Crippen LogP contribution in [0.3, 0.4) is 0 Å². The highest BCUT2D eigenvalue weighted by Crippen LogP contribution is 2.34. The molecular weight excluding hydrogens is 975 g/mol. The van der Waals surface area contributed by atoms with Crippen molar-refractivity contribution < 1.29 is 58.5 Å². The van der Waals surface area contributed by atoms with E-state index in [9.17, 15) is 49.0 Å². The van der Waals surface area contributed by atoms with Gasteiger partial charge in [-0.15, -0.1) is 0 Å². The van der Waals surface area contributed by atoms with Gasteiger partial charge in [0.15, 0.2) is 0 Å². The fourth-order valence-electron chi connectivity index (χ4n) is 8.04. The quantitative estimate of drug-likeness (QED) is 0.0757. The van der Waals surface area contributed by atoms with Gasteiger partial charge in [0.2, 0.25) is 12.9 Å². The summed E-state index contributed by atoms with van der Waals surface area (Å²) >= 11 is 0. The second-order valence-electron chi connectivity index (χ2n) is 17.0. The second-order valence-corrected chi connectivity index (χ2v) is 17.0. The molecule has 0 aliphatic heterocycles. The van der Waals surface area contributed by atoms with Gasteiger partial charge in [-0.1, -0.05) is 60.7 Å². The number of aromatic nitrogens is 8. The molecule has 0 aliphatic carbocycles. The Labute approximate surface area is 413 Å². The Morgan fingerprint density at radius 2 is 0.973 bits per heavy atom. The van der Waals surface area contributed by atoms with Gasteiger partial charge in [-0.05, 0) is 85.6 Å². The third-order valence-electron chi connectivity index (χ3n) is 11.6. The Kier molecular flexibility index (Phi) is 17.7. The molecule has 0 amide bonds. The van der Waals surface area contributed by atoms with Crippen LogP contribution in [-0.4, -0.2) is 57.1 Å². The van der Waals surface area contributed by atoms with Gasteiger partial charge < -0.3 is 14.6 Å². The van der Waals surface area contributed by atoms with Crippen LogP contribution in [0, 0.1) is 11.6 Å². The lowest BCUT2D eigenvalue weighted by Crippen LogP contribution is -2.14. The van der Waals surface area contributed by atoms with Crippen molar-refractivity contribution in [1.82, 2.24) is 39.1 Å². The highest BCUT2D eigenvalue weighted by molar-refractivity contribution is 5.46. The van der Waals surface area contributed by atoms with Crippen LogP contribution >= 0.6 is 0 Å². The normalized spacial score (nSPS) is 13.0. The predicted molar refractivity (Wildman–Crippen MR) is 249 cm³/mol. The summed E-state index contributed by atoms with van der Waals surface area (Å²) in [5.74, 6) is -1.07. The first-order chi connectivity index (χ1) is 34.8. The van der Waals surface area contributed by atoms with Crippen LogP contribution in [0.1, 0.15) is 113 Å². The van der Waals surface area contributed by atoms with Gasteiger partial charge in [-0.25, -0.2) is 53.3 Å². The molecule has 0 bridgehead atoms. The molecule has 386 valence electrons. The Bertz CT molecular complexity index is 3050. The number of aryl methyl sites for hydroxylation is 2. The van der Waals surface area contributed by atoms with E-state index in [-0.39, 0.29) is 48.1 Å². The van der Waals surface area contributed by atoms with Crippen LogP contribution in [0.15, 0.2) is 121 Å². The van der Waals surface area contributed by atoms with Gasteiger partial charge in [-0.2, -0.15) is 20.4 Å². The summed E-state index contributed by atoms with van der Waals surface area (Å²) < 4.78 is 151. The number of ether oxygens (including phenoxy) is 2. The lowest BCUT2D eigenvalue weighted by molar-refractivity contribution is 0.0521. The lowest BCUT2D eigenvalue weighted by atomic mass is 10.1. The van der Waals surface area contributed by atoms with E-state index in [0.717, 1.165) is 27.9 Å². The molecule has 3 atom stereocenters. The topological polar surface area (TPSA) is 110 Å². The standard InChI is InChI=1S/C26H25F5N4O2.C26H25F5N4O/c1-15(37-14-16-6-4-3-5-7-16)19-10-17(27)8-9-21(19)35-23(13-20(33-35)26(30)31)25(36)22-11-18(12-24(28)29)32-34(22)2;1-16(36-15-17-6-4-3-5-7-17)22-10-18(27)8-9-24(22)35-21(14-23(33-35)26(30)31)13-20-11-19(12-25(28)29)32-34(20)2/h3-11,13,15,24-26,36H,12,14H2,1-2H3;3-11,14,16,25-26H,12-13,15H2,1-2H3/t15-,25?;16-/m11/s1. The summed E-state index contributed by atoms with van der Waals surface area (Å²) in [7, 11) is 3.05. The number of rotatable bonds is 20. The third kappa shape index (κ3) is 13.7. The Balaban J connectivity index is 0.000000214. The number of nitrogens with zero attached hydrogens (tertiary/aromatic N) is 8. The molecule has 0 saturated carbocycles. The highest BCUT2D eigenvalue weighted by atomic mass is 19.3. The van der Waals surface area contributed by atoms with Gasteiger partial charge in [0.25, 0.3) is 12.9 Å². The number of aliphatic hydroxyl groups is 1. The van der Waals surface area contributed by atoms with Gasteiger partial charge in [0.05, 0.1) is 78.1 Å². The van der Waals surface area contributed by atoms with E-state index < -0.39 is 79.9 Å². The first kappa shape index (κ1) is 53.7. The van der Waals surface area contributed by atoms with Crippen LogP contribution < -0.4 is 0 Å². The van der Waals surface area contributed by atoms with Crippen molar-refractivity contribution in [2.24, 2.45) is 14.1 Å². The number of aliphatic hydroxyl groups excluding tert-OH is 1. The molecule has 21 heteroatoms. The molecule has 0 saturated heterocycles. The molecule has 1 N–H and O–H groups in total. The maximum atomic E-state index is 14.3. The Morgan fingerprint density at radius 1 is 0.507 bits per heavy atom. The molecule has 4 aromatic heterocycles. The van der Waals surface area contributed by atoms with Crippen LogP contribution in [-0.2, 0) is 56.0 Å². The van der Waals surface area contributed by atoms with Crippen molar-refractivity contribution in [2.75, 3.05) is 0 Å². The third-order valence-corrected chi connectivity index (χ3v) is 11.6. The zero-order valence-corrected chi connectivity index (χ0v) is 39.7. The Hall–Kier alpha value is -7.10. The van der Waals surface area contributed by atoms with Crippen molar-refractivity contribution in [3.8, 4) is 11.4 Å². The molecule has 1 unspecified atom stereocenters. The monoisotopic (exact) mass is 1020 g/mol. The number of halogens is 10. The van der Waals surface area contributed by atoms with E-state index in [0.29, 0.717) is 28.2 Å². The molecule has 0 radical (unpaired) electrons. The maximum Gasteiger partial charge on any atom is 0.282 e. The minimum atomic E-state index is -2.95. The fraction of sp³-hybridized carbons (Fsp3) is 0.308. The molecule has 0 spiro atoms. The van der Waals surface area contributed by atoms with E-state index in [2.05, 4.69) is 20.4 Å². The molecule has 0 aliphatic rings. The van der Waals surface area contributed by atoms with Crippen LogP contribution in [0.2, 0.25) is 0 Å². The van der Waals surface area contributed by atoms with Gasteiger partial charge in [0.1, 0.15) is 29.1 Å². The molecule has 73 heavy (non-hydrogen) atoms. The van der Waals surface area contributed by atoms with E-state index in [4.69, 9.17) is 9.47 Å². The van der Waals surface area contributed by atoms with Crippen molar-refractivity contribution in [3.05, 3.63) is 201 Å². The largest absolute Gasteiger partial charge is 0.380 e. The molecule has 8 aromatic rings. The SMILES string of the molecule is C[C@@H](OCc1ccccc1)c1cc(F)ccc1-n1nc(C(F)F)cc1C(O)c1cc(CC(F)F)nn1C.C[C@@H](OCc1ccccc1)c1cc(F)ccc1-n1nc(C(F)F)cc1Cc1cc(CC(F)F)nn1C. The van der Waals surface area contributed by atoms with Crippen molar-refractivity contribution in [3.63, 3.8) is 0 Å². The molecule has 8 rings (SSSR count). The zero-order chi connectivity index (χ0) is 52.5. The van der Waals surface area contributed by atoms with E-state index in [1.165, 1.54) is 69.6 Å². The summed E-state index contributed by atoms with van der Waals surface area (Å²) in [6.45, 7) is 3.92. The molecular formula is C52H50F10N8O3. The molecule has 0 fully saturated rings. The van der Waals surface area contributed by atoms with Crippen molar-refractivity contribution >= 4 is 0 Å². The number of alkyl halides is 8. The number of hydrogen-bond acceptors (Lipinski definition) is 7. The lowest BCUT2D eigenvalue weighted by Gasteiger charge is -2.20. The minimum Gasteiger partial charge on any atom is -0.380 e. The summed E-state index contributed by atoms with van der Waals surface area (Å²) in [4.78, 5) is 0. The highest BCUT2D eigenvalue weighted by Gasteiger charge is 2.28. The van der Waals surface area contributed by atoms with E-state index in [1.807, 2.05) is 60.7 Å². The molecule has 11 nitrogen and oxygen atoms in total. The average Bonchev–Trinajstić information content (AvgIpc) is 4.16. The van der Waals surface area contributed by atoms with Crippen molar-refractivity contribution in [2.45, 2.75) is 90.3 Å². The van der Waals surface area contributed by atoms with E-state index >= 15 is 0 Å². The van der Waals surface area contributed by atoms with Crippen molar-refractivity contribution in [1.29, 1.82) is 0 Å². The number of hydrogen-bond donors (Lipinski definition) is 1. The van der Waals surface area contributed by atoms with Gasteiger partial charge in [-0.3, -0.25) is 9.36 Å². The van der Waals surface area contributed by atoms with Crippen LogP contribution in [0.5, 0.6) is 0 Å². The summed E-state index contributed by atoms with van der Waals surface area (Å²) in [6, 6.07) is 31.5. The Morgan fingerprint density at radius 3 is 1.48 bits per heavy atom. The molecule has 4 heterocycles. The van der Waals surface area contributed by atoms with Crippen LogP contribution in [0.4, 0.5) is 43.9 Å². The van der Waals surface area contributed by atoms with Gasteiger partial charge >= 0.3 is 0 Å². The fourth-order valence-corrected chi connectivity index (χ4v) is 8.04. The summed E-state index contributed by atoms with van der Waals surface area (Å²) in [5.41, 5.74) is 3.30. The molecule has 4 aromatic carbocycles. The van der Waals surface area contributed by atoms with E-state index in [1.54, 1.807) is 20.9 Å². The minimum absolute atomic E-state index is 0.0390. The maximum absolute atomic E-state index is 14.3.